The van der Waals surface area contributed by atoms with Crippen LogP contribution >= 0.6 is 0 Å². The van der Waals surface area contributed by atoms with Crippen molar-refractivity contribution in [3.63, 3.8) is 0 Å². The van der Waals surface area contributed by atoms with Crippen LogP contribution in [0.4, 0.5) is 11.4 Å². The molecule has 0 bridgehead atoms. The monoisotopic (exact) mass is 805 g/mol. The molecule has 0 spiro atoms. The number of allylic oxidation sites excluding steroid dienone is 3. The van der Waals surface area contributed by atoms with Crippen molar-refractivity contribution in [2.75, 3.05) is 4.90 Å². The van der Waals surface area contributed by atoms with Gasteiger partial charge >= 0.3 is 0 Å². The summed E-state index contributed by atoms with van der Waals surface area (Å²) in [4.78, 5) is 2.45. The molecule has 10 aromatic rings. The van der Waals surface area contributed by atoms with Gasteiger partial charge in [-0.1, -0.05) is 206 Å². The molecule has 1 heterocycles. The first-order chi connectivity index (χ1) is 31.3. The van der Waals surface area contributed by atoms with E-state index in [1.165, 1.54) is 50.1 Å². The summed E-state index contributed by atoms with van der Waals surface area (Å²) in [7, 11) is 0. The van der Waals surface area contributed by atoms with Crippen molar-refractivity contribution in [1.29, 1.82) is 0 Å². The van der Waals surface area contributed by atoms with E-state index in [0.29, 0.717) is 5.92 Å². The Morgan fingerprint density at radius 1 is 0.460 bits per heavy atom. The predicted molar refractivity (Wildman–Crippen MR) is 261 cm³/mol. The van der Waals surface area contributed by atoms with Gasteiger partial charge in [0.2, 0.25) is 0 Å². The molecule has 0 saturated heterocycles. The van der Waals surface area contributed by atoms with Crippen molar-refractivity contribution < 1.29 is 4.42 Å². The van der Waals surface area contributed by atoms with Gasteiger partial charge in [0, 0.05) is 39.3 Å². The maximum absolute atomic E-state index is 6.50. The van der Waals surface area contributed by atoms with E-state index in [1.807, 2.05) is 6.07 Å². The van der Waals surface area contributed by atoms with Gasteiger partial charge in [-0.25, -0.2) is 0 Å². The standard InChI is InChI=1S/C61H43NO/c1-5-17-42(18-6-1)43-31-35-48(36-32-43)62(49-37-33-45(34-38-49)52-27-15-28-54-53-25-13-14-30-58(53)63-60(52)54)50-39-40-55-57(41-50)61(46-21-9-3-10-22-46,47-23-11-4-12-24-47)56-29-16-26-51(59(55)56)44-19-7-2-8-20-44/h1-31,33-41,43H,32H2. The smallest absolute Gasteiger partial charge is 0.143 e. The summed E-state index contributed by atoms with van der Waals surface area (Å²) in [5.41, 5.74) is 18.2. The fraction of sp³-hybridized carbons (Fsp3) is 0.0492. The van der Waals surface area contributed by atoms with Crippen molar-refractivity contribution >= 4 is 33.3 Å². The number of benzene rings is 9. The lowest BCUT2D eigenvalue weighted by Crippen LogP contribution is -2.29. The lowest BCUT2D eigenvalue weighted by Gasteiger charge is -2.35. The maximum atomic E-state index is 6.50. The second-order valence-electron chi connectivity index (χ2n) is 16.7. The van der Waals surface area contributed by atoms with Crippen LogP contribution in [0.15, 0.2) is 253 Å². The fourth-order valence-corrected chi connectivity index (χ4v) is 10.5. The molecule has 0 radical (unpaired) electrons. The highest BCUT2D eigenvalue weighted by atomic mass is 16.3. The first kappa shape index (κ1) is 36.9. The molecule has 2 aliphatic carbocycles. The Hall–Kier alpha value is -7.94. The molecule has 0 aliphatic heterocycles. The number of para-hydroxylation sites is 2. The predicted octanol–water partition coefficient (Wildman–Crippen LogP) is 16.0. The zero-order chi connectivity index (χ0) is 41.7. The van der Waals surface area contributed by atoms with Crippen LogP contribution in [-0.4, -0.2) is 0 Å². The van der Waals surface area contributed by atoms with Gasteiger partial charge in [0.25, 0.3) is 0 Å². The Labute approximate surface area is 368 Å². The second kappa shape index (κ2) is 15.2. The zero-order valence-electron chi connectivity index (χ0n) is 34.7. The molecule has 1 aromatic heterocycles. The van der Waals surface area contributed by atoms with E-state index in [1.54, 1.807) is 0 Å². The molecule has 1 atom stereocenters. The van der Waals surface area contributed by atoms with Gasteiger partial charge in [-0.05, 0) is 98.5 Å². The summed E-state index contributed by atoms with van der Waals surface area (Å²) in [5, 5.41) is 2.27. The van der Waals surface area contributed by atoms with Crippen molar-refractivity contribution in [2.45, 2.75) is 17.8 Å². The number of hydrogen-bond donors (Lipinski definition) is 0. The average Bonchev–Trinajstić information content (AvgIpc) is 3.90. The van der Waals surface area contributed by atoms with E-state index in [-0.39, 0.29) is 0 Å². The molecule has 0 saturated carbocycles. The Morgan fingerprint density at radius 2 is 1.06 bits per heavy atom. The topological polar surface area (TPSA) is 16.4 Å². The lowest BCUT2D eigenvalue weighted by molar-refractivity contribution is 0.670. The van der Waals surface area contributed by atoms with Crippen molar-refractivity contribution in [2.24, 2.45) is 0 Å². The van der Waals surface area contributed by atoms with E-state index in [4.69, 9.17) is 4.42 Å². The summed E-state index contributed by atoms with van der Waals surface area (Å²) in [5.74, 6) is 0.318. The van der Waals surface area contributed by atoms with Crippen LogP contribution in [0.1, 0.15) is 40.2 Å². The summed E-state index contributed by atoms with van der Waals surface area (Å²) in [6, 6.07) is 81.8. The summed E-state index contributed by atoms with van der Waals surface area (Å²) in [6.45, 7) is 0. The van der Waals surface area contributed by atoms with Gasteiger partial charge in [-0.3, -0.25) is 0 Å². The third-order valence-electron chi connectivity index (χ3n) is 13.3. The van der Waals surface area contributed by atoms with E-state index < -0.39 is 5.41 Å². The largest absolute Gasteiger partial charge is 0.455 e. The first-order valence-corrected chi connectivity index (χ1v) is 21.9. The Morgan fingerprint density at radius 3 is 1.78 bits per heavy atom. The first-order valence-electron chi connectivity index (χ1n) is 21.9. The van der Waals surface area contributed by atoms with Crippen molar-refractivity contribution in [3.05, 3.63) is 276 Å². The molecule has 12 rings (SSSR count). The van der Waals surface area contributed by atoms with Gasteiger partial charge in [0.15, 0.2) is 0 Å². The molecule has 2 heteroatoms. The normalized spacial score (nSPS) is 14.9. The van der Waals surface area contributed by atoms with E-state index in [0.717, 1.165) is 56.6 Å². The highest BCUT2D eigenvalue weighted by molar-refractivity contribution is 6.09. The average molecular weight is 806 g/mol. The third kappa shape index (κ3) is 6.02. The SMILES string of the molecule is C1=CC(c2ccccc2)CC=C1N(c1ccc(-c2cccc3c2oc2ccccc23)cc1)c1ccc2c(c1)C(c1ccccc1)(c1ccccc1)c1cccc(-c3ccccc3)c1-2. The molecular weight excluding hydrogens is 763 g/mol. The van der Waals surface area contributed by atoms with Gasteiger partial charge in [0.1, 0.15) is 11.2 Å². The van der Waals surface area contributed by atoms with Crippen LogP contribution in [0.3, 0.4) is 0 Å². The van der Waals surface area contributed by atoms with Gasteiger partial charge in [-0.2, -0.15) is 0 Å². The summed E-state index contributed by atoms with van der Waals surface area (Å²) < 4.78 is 6.50. The van der Waals surface area contributed by atoms with Crippen molar-refractivity contribution in [3.8, 4) is 33.4 Å². The molecule has 0 fully saturated rings. The van der Waals surface area contributed by atoms with E-state index in [2.05, 4.69) is 242 Å². The third-order valence-corrected chi connectivity index (χ3v) is 13.3. The minimum absolute atomic E-state index is 0.318. The number of rotatable bonds is 8. The van der Waals surface area contributed by atoms with Gasteiger partial charge in [-0.15, -0.1) is 0 Å². The quantitative estimate of drug-likeness (QED) is 0.152. The summed E-state index contributed by atoms with van der Waals surface area (Å²) >= 11 is 0. The number of furan rings is 1. The highest BCUT2D eigenvalue weighted by Crippen LogP contribution is 2.59. The fourth-order valence-electron chi connectivity index (χ4n) is 10.5. The molecule has 0 amide bonds. The maximum Gasteiger partial charge on any atom is 0.143 e. The van der Waals surface area contributed by atoms with Crippen LogP contribution < -0.4 is 4.90 Å². The Kier molecular flexibility index (Phi) is 8.90. The molecule has 0 N–H and O–H groups in total. The minimum Gasteiger partial charge on any atom is -0.455 e. The molecular formula is C61H43NO. The van der Waals surface area contributed by atoms with Gasteiger partial charge in [0.05, 0.1) is 5.41 Å². The van der Waals surface area contributed by atoms with E-state index >= 15 is 0 Å². The molecule has 298 valence electrons. The van der Waals surface area contributed by atoms with Crippen LogP contribution in [0.5, 0.6) is 0 Å². The van der Waals surface area contributed by atoms with Crippen LogP contribution in [0.2, 0.25) is 0 Å². The van der Waals surface area contributed by atoms with Crippen LogP contribution in [0, 0.1) is 0 Å². The number of nitrogens with zero attached hydrogens (tertiary/aromatic N) is 1. The minimum atomic E-state index is -0.566. The molecule has 2 aliphatic rings. The lowest BCUT2D eigenvalue weighted by atomic mass is 9.67. The molecule has 2 nitrogen and oxygen atoms in total. The van der Waals surface area contributed by atoms with Crippen molar-refractivity contribution in [1.82, 2.24) is 0 Å². The number of anilines is 2. The summed E-state index contributed by atoms with van der Waals surface area (Å²) in [6.07, 6.45) is 8.02. The molecule has 63 heavy (non-hydrogen) atoms. The molecule has 1 unspecified atom stereocenters. The zero-order valence-corrected chi connectivity index (χ0v) is 34.7. The molecule has 9 aromatic carbocycles. The number of fused-ring (bicyclic) bond motifs is 6. The highest BCUT2D eigenvalue weighted by Gasteiger charge is 2.47. The van der Waals surface area contributed by atoms with Gasteiger partial charge < -0.3 is 9.32 Å². The second-order valence-corrected chi connectivity index (χ2v) is 16.7. The Balaban J connectivity index is 1.06. The number of hydrogen-bond acceptors (Lipinski definition) is 2. The Bertz CT molecular complexity index is 3300. The van der Waals surface area contributed by atoms with Crippen LogP contribution in [0.25, 0.3) is 55.3 Å². The van der Waals surface area contributed by atoms with E-state index in [9.17, 15) is 0 Å². The van der Waals surface area contributed by atoms with Crippen LogP contribution in [-0.2, 0) is 5.41 Å².